The van der Waals surface area contributed by atoms with E-state index in [-0.39, 0.29) is 0 Å². The minimum absolute atomic E-state index is 0.612. The Labute approximate surface area is 312 Å². The number of benzene rings is 8. The molecule has 0 atom stereocenters. The van der Waals surface area contributed by atoms with E-state index >= 15 is 0 Å². The molecule has 254 valence electrons. The molecule has 10 aromatic rings. The third-order valence-electron chi connectivity index (χ3n) is 9.89. The molecule has 0 N–H and O–H groups in total. The van der Waals surface area contributed by atoms with Crippen molar-refractivity contribution in [3.05, 3.63) is 194 Å². The van der Waals surface area contributed by atoms with Gasteiger partial charge in [-0.3, -0.25) is 0 Å². The second-order valence-electron chi connectivity index (χ2n) is 13.2. The molecule has 0 saturated carbocycles. The molecule has 54 heavy (non-hydrogen) atoms. The van der Waals surface area contributed by atoms with Crippen LogP contribution in [0.2, 0.25) is 0 Å². The van der Waals surface area contributed by atoms with E-state index in [0.29, 0.717) is 17.5 Å². The van der Waals surface area contributed by atoms with Gasteiger partial charge in [-0.15, -0.1) is 0 Å². The molecule has 0 spiro atoms. The molecule has 8 aromatic carbocycles. The van der Waals surface area contributed by atoms with E-state index in [0.717, 1.165) is 77.6 Å². The molecule has 10 rings (SSSR count). The van der Waals surface area contributed by atoms with Crippen molar-refractivity contribution in [3.8, 4) is 45.3 Å². The molecule has 2 aromatic heterocycles. The van der Waals surface area contributed by atoms with Gasteiger partial charge in [-0.25, -0.2) is 15.0 Å². The molecule has 5 nitrogen and oxygen atoms in total. The third kappa shape index (κ3) is 5.56. The molecule has 0 radical (unpaired) electrons. The average Bonchev–Trinajstić information content (AvgIpc) is 3.64. The van der Waals surface area contributed by atoms with Gasteiger partial charge in [0.15, 0.2) is 17.5 Å². The number of hydrogen-bond acceptors (Lipinski definition) is 5. The van der Waals surface area contributed by atoms with E-state index in [1.54, 1.807) is 0 Å². The molecule has 0 saturated heterocycles. The predicted octanol–water partition coefficient (Wildman–Crippen LogP) is 13.1. The molecule has 0 aliphatic rings. The van der Waals surface area contributed by atoms with Crippen LogP contribution in [0.4, 0.5) is 17.1 Å². The molecular formula is C49H32N4O. The summed E-state index contributed by atoms with van der Waals surface area (Å²) < 4.78 is 6.93. The fourth-order valence-electron chi connectivity index (χ4n) is 7.38. The zero-order valence-electron chi connectivity index (χ0n) is 29.2. The number of aromatic nitrogens is 3. The lowest BCUT2D eigenvalue weighted by molar-refractivity contribution is 0.674. The number of fused-ring (bicyclic) bond motifs is 5. The highest BCUT2D eigenvalue weighted by Gasteiger charge is 2.21. The van der Waals surface area contributed by atoms with Crippen molar-refractivity contribution in [1.82, 2.24) is 15.0 Å². The molecule has 0 bridgehead atoms. The molecule has 0 fully saturated rings. The van der Waals surface area contributed by atoms with Gasteiger partial charge in [-0.05, 0) is 53.4 Å². The van der Waals surface area contributed by atoms with E-state index < -0.39 is 0 Å². The normalized spacial score (nSPS) is 11.3. The Balaban J connectivity index is 1.17. The van der Waals surface area contributed by atoms with Gasteiger partial charge in [0, 0.05) is 55.5 Å². The van der Waals surface area contributed by atoms with E-state index in [9.17, 15) is 0 Å². The first-order valence-corrected chi connectivity index (χ1v) is 18.0. The van der Waals surface area contributed by atoms with Crippen LogP contribution in [-0.2, 0) is 0 Å². The lowest BCUT2D eigenvalue weighted by Crippen LogP contribution is -2.09. The number of furan rings is 1. The maximum absolute atomic E-state index is 6.93. The van der Waals surface area contributed by atoms with Crippen molar-refractivity contribution in [2.24, 2.45) is 0 Å². The molecule has 0 aliphatic heterocycles. The first kappa shape index (κ1) is 31.4. The minimum atomic E-state index is 0.612. The third-order valence-corrected chi connectivity index (χ3v) is 9.89. The number of anilines is 3. The van der Waals surface area contributed by atoms with Crippen LogP contribution in [0.25, 0.3) is 78.0 Å². The van der Waals surface area contributed by atoms with Crippen LogP contribution < -0.4 is 4.90 Å². The summed E-state index contributed by atoms with van der Waals surface area (Å²) in [5, 5.41) is 4.06. The van der Waals surface area contributed by atoms with Gasteiger partial charge in [-0.2, -0.15) is 0 Å². The van der Waals surface area contributed by atoms with Crippen LogP contribution >= 0.6 is 0 Å². The first-order valence-electron chi connectivity index (χ1n) is 18.0. The summed E-state index contributed by atoms with van der Waals surface area (Å²) in [7, 11) is 0. The zero-order chi connectivity index (χ0) is 35.8. The second-order valence-corrected chi connectivity index (χ2v) is 13.2. The van der Waals surface area contributed by atoms with E-state index in [2.05, 4.69) is 126 Å². The van der Waals surface area contributed by atoms with Gasteiger partial charge in [0.1, 0.15) is 11.2 Å². The topological polar surface area (TPSA) is 55.1 Å². The van der Waals surface area contributed by atoms with Crippen molar-refractivity contribution >= 4 is 49.8 Å². The van der Waals surface area contributed by atoms with Gasteiger partial charge in [0.25, 0.3) is 0 Å². The Kier molecular flexibility index (Phi) is 7.73. The van der Waals surface area contributed by atoms with Crippen LogP contribution in [0.3, 0.4) is 0 Å². The van der Waals surface area contributed by atoms with Gasteiger partial charge < -0.3 is 9.32 Å². The Morgan fingerprint density at radius 1 is 0.315 bits per heavy atom. The Morgan fingerprint density at radius 2 is 0.778 bits per heavy atom. The van der Waals surface area contributed by atoms with E-state index in [1.807, 2.05) is 72.8 Å². The van der Waals surface area contributed by atoms with Gasteiger partial charge in [0.2, 0.25) is 0 Å². The van der Waals surface area contributed by atoms with Crippen molar-refractivity contribution in [1.29, 1.82) is 0 Å². The highest BCUT2D eigenvalue weighted by atomic mass is 16.3. The maximum atomic E-state index is 6.93. The fourth-order valence-corrected chi connectivity index (χ4v) is 7.38. The smallest absolute Gasteiger partial charge is 0.164 e. The Morgan fingerprint density at radius 3 is 1.41 bits per heavy atom. The molecule has 5 heteroatoms. The van der Waals surface area contributed by atoms with Gasteiger partial charge >= 0.3 is 0 Å². The van der Waals surface area contributed by atoms with Crippen LogP contribution in [0, 0.1) is 0 Å². The minimum Gasteiger partial charge on any atom is -0.455 e. The highest BCUT2D eigenvalue weighted by molar-refractivity contribution is 6.20. The van der Waals surface area contributed by atoms with Crippen LogP contribution in [0.1, 0.15) is 0 Å². The zero-order valence-corrected chi connectivity index (χ0v) is 29.2. The maximum Gasteiger partial charge on any atom is 0.164 e. The summed E-state index contributed by atoms with van der Waals surface area (Å²) >= 11 is 0. The lowest BCUT2D eigenvalue weighted by Gasteiger charge is -2.25. The predicted molar refractivity (Wildman–Crippen MR) is 221 cm³/mol. The SMILES string of the molecule is c1ccc(-c2nc(-c3ccccc3)nc(-c3cc4c5cccc(-c6cccc(N(c7ccccc7)c7ccccc7)c6)c5oc4c4ccccc34)n2)cc1. The van der Waals surface area contributed by atoms with Crippen molar-refractivity contribution in [2.75, 3.05) is 4.90 Å². The summed E-state index contributed by atoms with van der Waals surface area (Å²) in [5.74, 6) is 1.87. The summed E-state index contributed by atoms with van der Waals surface area (Å²) in [5.41, 5.74) is 9.79. The second kappa shape index (κ2) is 13.3. The number of nitrogens with zero attached hydrogens (tertiary/aromatic N) is 4. The monoisotopic (exact) mass is 692 g/mol. The summed E-state index contributed by atoms with van der Waals surface area (Å²) in [6.45, 7) is 0. The van der Waals surface area contributed by atoms with Crippen LogP contribution in [0.15, 0.2) is 199 Å². The highest BCUT2D eigenvalue weighted by Crippen LogP contribution is 2.43. The number of para-hydroxylation sites is 3. The molecule has 0 amide bonds. The molecule has 2 heterocycles. The fraction of sp³-hybridized carbons (Fsp3) is 0. The number of hydrogen-bond donors (Lipinski definition) is 0. The standard InChI is InChI=1S/C49H32N4O/c1-5-17-33(18-6-1)47-50-48(34-19-7-2-8-20-34)52-49(51-47)44-32-43-42-30-16-29-39(45(42)54-46(43)41-28-14-13-27-40(41)44)35-21-15-26-38(31-35)53(36-22-9-3-10-23-36)37-24-11-4-12-25-37/h1-32H. The average molecular weight is 693 g/mol. The van der Waals surface area contributed by atoms with Crippen LogP contribution in [0.5, 0.6) is 0 Å². The Bertz CT molecular complexity index is 2830. The largest absolute Gasteiger partial charge is 0.455 e. The van der Waals surface area contributed by atoms with Gasteiger partial charge in [0.05, 0.1) is 0 Å². The van der Waals surface area contributed by atoms with Crippen molar-refractivity contribution in [2.45, 2.75) is 0 Å². The summed E-state index contributed by atoms with van der Waals surface area (Å²) in [6, 6.07) is 66.8. The van der Waals surface area contributed by atoms with E-state index in [1.165, 1.54) is 0 Å². The van der Waals surface area contributed by atoms with Gasteiger partial charge in [-0.1, -0.05) is 152 Å². The number of rotatable bonds is 7. The first-order chi connectivity index (χ1) is 26.8. The van der Waals surface area contributed by atoms with Crippen molar-refractivity contribution < 1.29 is 4.42 Å². The lowest BCUT2D eigenvalue weighted by atomic mass is 9.98. The Hall–Kier alpha value is -7.37. The molecule has 0 aliphatic carbocycles. The molecular weight excluding hydrogens is 661 g/mol. The van der Waals surface area contributed by atoms with Crippen LogP contribution in [-0.4, -0.2) is 15.0 Å². The summed E-state index contributed by atoms with van der Waals surface area (Å²) in [6.07, 6.45) is 0. The van der Waals surface area contributed by atoms with E-state index in [4.69, 9.17) is 19.4 Å². The van der Waals surface area contributed by atoms with Crippen molar-refractivity contribution in [3.63, 3.8) is 0 Å². The molecule has 0 unspecified atom stereocenters. The summed E-state index contributed by atoms with van der Waals surface area (Å²) in [4.78, 5) is 17.4. The quantitative estimate of drug-likeness (QED) is 0.166.